The maximum atomic E-state index is 4.54. The van der Waals surface area contributed by atoms with E-state index in [2.05, 4.69) is 213 Å². The molecule has 0 fully saturated rings. The third-order valence-electron chi connectivity index (χ3n) is 13.4. The molecule has 13 rings (SSSR count). The van der Waals surface area contributed by atoms with Gasteiger partial charge in [-0.2, -0.15) is 0 Å². The maximum Gasteiger partial charge on any atom is 0.0714 e. The summed E-state index contributed by atoms with van der Waals surface area (Å²) in [6, 6.07) is 75.9. The lowest BCUT2D eigenvalue weighted by molar-refractivity contribution is 0.768. The summed E-state index contributed by atoms with van der Waals surface area (Å²) in [6.07, 6.45) is 7.61. The van der Waals surface area contributed by atoms with Gasteiger partial charge in [-0.1, -0.05) is 133 Å². The van der Waals surface area contributed by atoms with Crippen LogP contribution in [-0.2, 0) is 5.41 Å². The summed E-state index contributed by atoms with van der Waals surface area (Å²) in [6.45, 7) is 0. The van der Waals surface area contributed by atoms with Gasteiger partial charge in [0.1, 0.15) is 0 Å². The van der Waals surface area contributed by atoms with Crippen LogP contribution >= 0.6 is 0 Å². The van der Waals surface area contributed by atoms with Gasteiger partial charge in [0.2, 0.25) is 0 Å². The van der Waals surface area contributed by atoms with Crippen LogP contribution in [0.25, 0.3) is 88.4 Å². The monoisotopic (exact) mass is 802 g/mol. The molecule has 0 saturated carbocycles. The third-order valence-corrected chi connectivity index (χ3v) is 13.4. The van der Waals surface area contributed by atoms with E-state index in [1.807, 2.05) is 36.9 Å². The van der Waals surface area contributed by atoms with Crippen molar-refractivity contribution in [3.05, 3.63) is 253 Å². The molecule has 63 heavy (non-hydrogen) atoms. The van der Waals surface area contributed by atoms with E-state index in [9.17, 15) is 0 Å². The lowest BCUT2D eigenvalue weighted by Crippen LogP contribution is -2.29. The Bertz CT molecular complexity index is 3360. The minimum Gasteiger partial charge on any atom is -0.309 e. The number of aromatic nitrogens is 4. The molecule has 12 aromatic rings. The first kappa shape index (κ1) is 35.4. The lowest BCUT2D eigenvalue weighted by Gasteiger charge is -2.34. The van der Waals surface area contributed by atoms with Crippen LogP contribution in [0.1, 0.15) is 22.3 Å². The van der Waals surface area contributed by atoms with Crippen LogP contribution in [0, 0.1) is 0 Å². The van der Waals surface area contributed by atoms with E-state index < -0.39 is 5.41 Å². The van der Waals surface area contributed by atoms with Crippen molar-refractivity contribution in [2.45, 2.75) is 5.41 Å². The summed E-state index contributed by atoms with van der Waals surface area (Å²) >= 11 is 0. The second kappa shape index (κ2) is 13.8. The van der Waals surface area contributed by atoms with E-state index >= 15 is 0 Å². The van der Waals surface area contributed by atoms with Crippen molar-refractivity contribution in [2.75, 3.05) is 0 Å². The molecule has 294 valence electrons. The number of pyridine rings is 2. The molecule has 4 heteroatoms. The zero-order valence-electron chi connectivity index (χ0n) is 34.2. The van der Waals surface area contributed by atoms with Gasteiger partial charge < -0.3 is 9.13 Å². The molecular weight excluding hydrogens is 765 g/mol. The summed E-state index contributed by atoms with van der Waals surface area (Å²) < 4.78 is 4.80. The van der Waals surface area contributed by atoms with Crippen LogP contribution in [0.15, 0.2) is 231 Å². The van der Waals surface area contributed by atoms with Crippen molar-refractivity contribution in [1.82, 2.24) is 19.1 Å². The molecule has 1 aliphatic rings. The predicted molar refractivity (Wildman–Crippen MR) is 259 cm³/mol. The molecule has 0 unspecified atom stereocenters. The zero-order valence-corrected chi connectivity index (χ0v) is 34.2. The highest BCUT2D eigenvalue weighted by atomic mass is 15.0. The summed E-state index contributed by atoms with van der Waals surface area (Å²) in [4.78, 5) is 9.07. The van der Waals surface area contributed by atoms with Crippen molar-refractivity contribution < 1.29 is 0 Å². The first-order valence-electron chi connectivity index (χ1n) is 21.5. The molecule has 0 radical (unpaired) electrons. The van der Waals surface area contributed by atoms with Gasteiger partial charge in [0.05, 0.1) is 27.5 Å². The minimum absolute atomic E-state index is 0.681. The molecule has 4 heterocycles. The normalized spacial score (nSPS) is 12.9. The molecule has 0 saturated heterocycles. The Morgan fingerprint density at radius 2 is 0.683 bits per heavy atom. The van der Waals surface area contributed by atoms with Crippen molar-refractivity contribution >= 4 is 43.6 Å². The molecule has 1 aliphatic carbocycles. The van der Waals surface area contributed by atoms with Crippen molar-refractivity contribution in [3.8, 4) is 44.8 Å². The van der Waals surface area contributed by atoms with Gasteiger partial charge in [0.25, 0.3) is 0 Å². The molecular formula is C59H38N4. The Morgan fingerprint density at radius 1 is 0.317 bits per heavy atom. The van der Waals surface area contributed by atoms with Gasteiger partial charge >= 0.3 is 0 Å². The van der Waals surface area contributed by atoms with E-state index in [4.69, 9.17) is 0 Å². The van der Waals surface area contributed by atoms with E-state index in [0.717, 1.165) is 33.6 Å². The van der Waals surface area contributed by atoms with Crippen molar-refractivity contribution in [2.24, 2.45) is 0 Å². The Balaban J connectivity index is 1.09. The standard InChI is InChI=1S/C59H38N4/c1-5-17-55-49(13-1)50-14-2-6-18-56(50)62(55)45-27-23-43(24-28-45)59(44-25-29-46(30-26-44)63-57-19-7-3-15-51(57)52-16-4-8-20-58(52)63)53-35-39(41-11-9-33-60-37-41)21-31-47(53)48-32-22-40(36-54(48)59)42-12-10-34-61-38-42/h1-38H. The zero-order chi connectivity index (χ0) is 41.5. The van der Waals surface area contributed by atoms with Crippen molar-refractivity contribution in [3.63, 3.8) is 0 Å². The lowest BCUT2D eigenvalue weighted by atomic mass is 9.67. The summed E-state index contributed by atoms with van der Waals surface area (Å²) in [5.74, 6) is 0. The fourth-order valence-electron chi connectivity index (χ4n) is 10.7. The van der Waals surface area contributed by atoms with Gasteiger partial charge in [-0.05, 0) is 128 Å². The third kappa shape index (κ3) is 5.22. The van der Waals surface area contributed by atoms with Gasteiger partial charge in [-0.15, -0.1) is 0 Å². The van der Waals surface area contributed by atoms with E-state index in [1.165, 1.54) is 77.0 Å². The van der Waals surface area contributed by atoms with Crippen LogP contribution < -0.4 is 0 Å². The van der Waals surface area contributed by atoms with Gasteiger partial charge in [0.15, 0.2) is 0 Å². The number of rotatable bonds is 6. The van der Waals surface area contributed by atoms with Crippen LogP contribution in [0.3, 0.4) is 0 Å². The molecule has 0 aliphatic heterocycles. The Morgan fingerprint density at radius 3 is 1.03 bits per heavy atom. The van der Waals surface area contributed by atoms with Gasteiger partial charge in [-0.25, -0.2) is 0 Å². The van der Waals surface area contributed by atoms with Crippen LogP contribution in [0.4, 0.5) is 0 Å². The number of hydrogen-bond acceptors (Lipinski definition) is 2. The molecule has 0 amide bonds. The smallest absolute Gasteiger partial charge is 0.0714 e. The Hall–Kier alpha value is -8.34. The minimum atomic E-state index is -0.681. The number of nitrogens with zero attached hydrogens (tertiary/aromatic N) is 4. The number of benzene rings is 8. The van der Waals surface area contributed by atoms with E-state index in [0.29, 0.717) is 0 Å². The highest BCUT2D eigenvalue weighted by Gasteiger charge is 2.46. The molecule has 0 atom stereocenters. The number of fused-ring (bicyclic) bond motifs is 9. The number of para-hydroxylation sites is 4. The predicted octanol–water partition coefficient (Wildman–Crippen LogP) is 14.4. The maximum absolute atomic E-state index is 4.54. The first-order chi connectivity index (χ1) is 31.3. The highest BCUT2D eigenvalue weighted by Crippen LogP contribution is 2.58. The Kier molecular flexibility index (Phi) is 7.79. The quantitative estimate of drug-likeness (QED) is 0.168. The fourth-order valence-corrected chi connectivity index (χ4v) is 10.7. The van der Waals surface area contributed by atoms with Crippen LogP contribution in [-0.4, -0.2) is 19.1 Å². The molecule has 0 bridgehead atoms. The number of hydrogen-bond donors (Lipinski definition) is 0. The fraction of sp³-hybridized carbons (Fsp3) is 0.0169. The second-order valence-electron chi connectivity index (χ2n) is 16.6. The van der Waals surface area contributed by atoms with Crippen LogP contribution in [0.2, 0.25) is 0 Å². The van der Waals surface area contributed by atoms with E-state index in [1.54, 1.807) is 0 Å². The topological polar surface area (TPSA) is 35.6 Å². The summed E-state index contributed by atoms with van der Waals surface area (Å²) in [5.41, 5.74) is 18.1. The SMILES string of the molecule is c1cncc(-c2ccc3c(c2)C(c2ccc(-n4c5ccccc5c5ccccc54)cc2)(c2ccc(-n4c5ccccc5c5ccccc54)cc2)c2cc(-c4cccnc4)ccc2-3)c1. The molecule has 4 aromatic heterocycles. The van der Waals surface area contributed by atoms with E-state index in [-0.39, 0.29) is 0 Å². The highest BCUT2D eigenvalue weighted by molar-refractivity contribution is 6.10. The first-order valence-corrected chi connectivity index (χ1v) is 21.5. The largest absolute Gasteiger partial charge is 0.309 e. The molecule has 0 spiro atoms. The molecule has 8 aromatic carbocycles. The second-order valence-corrected chi connectivity index (χ2v) is 16.6. The van der Waals surface area contributed by atoms with Crippen LogP contribution in [0.5, 0.6) is 0 Å². The van der Waals surface area contributed by atoms with Gasteiger partial charge in [-0.3, -0.25) is 9.97 Å². The van der Waals surface area contributed by atoms with Crippen molar-refractivity contribution in [1.29, 1.82) is 0 Å². The summed E-state index contributed by atoms with van der Waals surface area (Å²) in [7, 11) is 0. The molecule has 4 nitrogen and oxygen atoms in total. The van der Waals surface area contributed by atoms with Gasteiger partial charge in [0, 0.05) is 57.7 Å². The molecule has 0 N–H and O–H groups in total. The summed E-state index contributed by atoms with van der Waals surface area (Å²) in [5, 5.41) is 5.01. The Labute approximate surface area is 364 Å². The average molecular weight is 803 g/mol. The average Bonchev–Trinajstić information content (AvgIpc) is 3.99.